The van der Waals surface area contributed by atoms with Gasteiger partial charge in [-0.1, -0.05) is 24.3 Å². The molecule has 0 fully saturated rings. The van der Waals surface area contributed by atoms with E-state index < -0.39 is 4.92 Å². The number of carbonyl (C=O) groups excluding carboxylic acids is 1. The Morgan fingerprint density at radius 1 is 1.32 bits per heavy atom. The quantitative estimate of drug-likeness (QED) is 0.507. The zero-order valence-corrected chi connectivity index (χ0v) is 13.5. The van der Waals surface area contributed by atoms with E-state index in [1.807, 2.05) is 36.4 Å². The number of ether oxygens (including phenoxy) is 1. The van der Waals surface area contributed by atoms with Crippen LogP contribution >= 0.6 is 0 Å². The minimum absolute atomic E-state index is 0.165. The van der Waals surface area contributed by atoms with Crippen molar-refractivity contribution in [2.45, 2.75) is 12.8 Å². The van der Waals surface area contributed by atoms with Crippen LogP contribution in [0.15, 0.2) is 58.7 Å². The summed E-state index contributed by atoms with van der Waals surface area (Å²) in [5, 5.41) is 13.9. The smallest absolute Gasteiger partial charge is 0.433 e. The maximum Gasteiger partial charge on any atom is 0.433 e. The zero-order chi connectivity index (χ0) is 17.8. The monoisotopic (exact) mass is 340 g/mol. The number of rotatable bonds is 5. The number of para-hydroxylation sites is 1. The van der Waals surface area contributed by atoms with E-state index >= 15 is 0 Å². The van der Waals surface area contributed by atoms with Gasteiger partial charge in [0, 0.05) is 23.4 Å². The molecule has 0 saturated carbocycles. The summed E-state index contributed by atoms with van der Waals surface area (Å²) in [4.78, 5) is 21.8. The van der Waals surface area contributed by atoms with E-state index in [1.54, 1.807) is 6.07 Å². The number of furan rings is 1. The van der Waals surface area contributed by atoms with Gasteiger partial charge >= 0.3 is 11.9 Å². The lowest BCUT2D eigenvalue weighted by molar-refractivity contribution is -0.402. The van der Waals surface area contributed by atoms with Crippen molar-refractivity contribution in [1.82, 2.24) is 0 Å². The largest absolute Gasteiger partial charge is 0.469 e. The lowest BCUT2D eigenvalue weighted by Gasteiger charge is -2.21. The fourth-order valence-electron chi connectivity index (χ4n) is 2.60. The van der Waals surface area contributed by atoms with Crippen LogP contribution < -0.4 is 5.32 Å². The van der Waals surface area contributed by atoms with Gasteiger partial charge in [-0.15, -0.1) is 0 Å². The molecule has 7 heteroatoms. The number of hydrogen-bond acceptors (Lipinski definition) is 6. The number of fused-ring (bicyclic) bond motifs is 1. The summed E-state index contributed by atoms with van der Waals surface area (Å²) in [7, 11) is 1.36. The van der Waals surface area contributed by atoms with Crippen molar-refractivity contribution in [1.29, 1.82) is 0 Å². The second-order valence-electron chi connectivity index (χ2n) is 5.45. The second-order valence-corrected chi connectivity index (χ2v) is 5.45. The molecule has 0 unspecified atom stereocenters. The predicted octanol–water partition coefficient (Wildman–Crippen LogP) is 3.69. The van der Waals surface area contributed by atoms with Crippen LogP contribution in [-0.4, -0.2) is 18.0 Å². The van der Waals surface area contributed by atoms with Crippen LogP contribution in [-0.2, 0) is 16.0 Å². The summed E-state index contributed by atoms with van der Waals surface area (Å²) in [5.74, 6) is -0.107. The minimum Gasteiger partial charge on any atom is -0.469 e. The van der Waals surface area contributed by atoms with Gasteiger partial charge in [0.15, 0.2) is 0 Å². The van der Waals surface area contributed by atoms with Gasteiger partial charge < -0.3 is 14.5 Å². The Bertz CT molecular complexity index is 879. The number of benzene rings is 1. The van der Waals surface area contributed by atoms with Crippen molar-refractivity contribution in [3.05, 3.63) is 75.7 Å². The predicted molar refractivity (Wildman–Crippen MR) is 91.8 cm³/mol. The van der Waals surface area contributed by atoms with Gasteiger partial charge in [0.1, 0.15) is 10.7 Å². The van der Waals surface area contributed by atoms with Crippen molar-refractivity contribution < 1.29 is 18.9 Å². The molecule has 1 aromatic carbocycles. The summed E-state index contributed by atoms with van der Waals surface area (Å²) in [6.07, 6.45) is 4.28. The van der Waals surface area contributed by atoms with Crippen LogP contribution in [0.4, 0.5) is 11.6 Å². The van der Waals surface area contributed by atoms with Crippen molar-refractivity contribution in [2.24, 2.45) is 0 Å². The summed E-state index contributed by atoms with van der Waals surface area (Å²) in [5.41, 5.74) is 3.47. The Labute approximate surface area is 143 Å². The number of carbonyl (C=O) groups is 1. The molecular weight excluding hydrogens is 324 g/mol. The zero-order valence-electron chi connectivity index (χ0n) is 13.5. The van der Waals surface area contributed by atoms with Crippen molar-refractivity contribution >= 4 is 23.1 Å². The molecule has 7 nitrogen and oxygen atoms in total. The first-order chi connectivity index (χ1) is 12.1. The van der Waals surface area contributed by atoms with E-state index in [2.05, 4.69) is 5.32 Å². The second kappa shape index (κ2) is 7.04. The van der Waals surface area contributed by atoms with Gasteiger partial charge in [-0.3, -0.25) is 14.9 Å². The van der Waals surface area contributed by atoms with Gasteiger partial charge in [-0.05, 0) is 23.8 Å². The molecule has 25 heavy (non-hydrogen) atoms. The number of methoxy groups -OCH3 is 1. The first-order valence-electron chi connectivity index (χ1n) is 7.64. The average Bonchev–Trinajstić information content (AvgIpc) is 3.09. The molecule has 1 aliphatic heterocycles. The number of nitrogens with one attached hydrogen (secondary N) is 1. The van der Waals surface area contributed by atoms with E-state index in [9.17, 15) is 14.9 Å². The summed E-state index contributed by atoms with van der Waals surface area (Å²) < 4.78 is 9.91. The summed E-state index contributed by atoms with van der Waals surface area (Å²) in [6.45, 7) is 0. The molecule has 0 spiro atoms. The van der Waals surface area contributed by atoms with Crippen molar-refractivity contribution in [3.63, 3.8) is 0 Å². The van der Waals surface area contributed by atoms with Crippen molar-refractivity contribution in [3.8, 4) is 0 Å². The highest BCUT2D eigenvalue weighted by atomic mass is 16.6. The van der Waals surface area contributed by atoms with E-state index in [4.69, 9.17) is 9.15 Å². The molecule has 1 N–H and O–H groups in total. The maximum absolute atomic E-state index is 11.7. The van der Waals surface area contributed by atoms with Gasteiger partial charge in [-0.25, -0.2) is 0 Å². The first kappa shape index (κ1) is 16.5. The Balaban J connectivity index is 1.84. The molecule has 0 atom stereocenters. The van der Waals surface area contributed by atoms with E-state index in [1.165, 1.54) is 13.2 Å². The normalized spacial score (nSPS) is 14.4. The highest BCUT2D eigenvalue weighted by molar-refractivity contribution is 5.92. The molecule has 3 rings (SSSR count). The molecule has 0 radical (unpaired) electrons. The highest BCUT2D eigenvalue weighted by Gasteiger charge is 2.17. The molecule has 0 saturated heterocycles. The average molecular weight is 340 g/mol. The third kappa shape index (κ3) is 3.77. The van der Waals surface area contributed by atoms with Crippen LogP contribution in [0.25, 0.3) is 5.57 Å². The van der Waals surface area contributed by atoms with Gasteiger partial charge in [0.25, 0.3) is 0 Å². The van der Waals surface area contributed by atoms with Gasteiger partial charge in [0.2, 0.25) is 0 Å². The first-order valence-corrected chi connectivity index (χ1v) is 7.64. The van der Waals surface area contributed by atoms with Crippen LogP contribution in [0.5, 0.6) is 0 Å². The third-order valence-electron chi connectivity index (χ3n) is 3.79. The number of esters is 1. The number of nitrogens with zero attached hydrogens (tertiary/aromatic N) is 1. The lowest BCUT2D eigenvalue weighted by atomic mass is 9.96. The number of allylic oxidation sites excluding steroid dienone is 2. The van der Waals surface area contributed by atoms with Crippen LogP contribution in [0.2, 0.25) is 0 Å². The van der Waals surface area contributed by atoms with E-state index in [-0.39, 0.29) is 18.3 Å². The molecule has 2 heterocycles. The molecular formula is C18H16N2O5. The summed E-state index contributed by atoms with van der Waals surface area (Å²) in [6, 6.07) is 10.6. The number of nitro groups is 1. The molecule has 128 valence electrons. The topological polar surface area (TPSA) is 94.6 Å². The van der Waals surface area contributed by atoms with Crippen LogP contribution in [0.3, 0.4) is 0 Å². The SMILES string of the molecule is COC(=O)CC1=C/C(=C\Cc2ccc([N+](=O)[O-])o2)Nc2ccccc21. The molecule has 0 aliphatic carbocycles. The Kier molecular flexibility index (Phi) is 4.65. The van der Waals surface area contributed by atoms with Gasteiger partial charge in [-0.2, -0.15) is 0 Å². The Morgan fingerprint density at radius 3 is 2.84 bits per heavy atom. The molecule has 0 bridgehead atoms. The molecule has 1 aromatic heterocycles. The minimum atomic E-state index is -0.569. The highest BCUT2D eigenvalue weighted by Crippen LogP contribution is 2.33. The van der Waals surface area contributed by atoms with E-state index in [0.717, 1.165) is 22.5 Å². The van der Waals surface area contributed by atoms with Crippen LogP contribution in [0.1, 0.15) is 17.7 Å². The molecule has 2 aromatic rings. The van der Waals surface area contributed by atoms with Gasteiger partial charge in [0.05, 0.1) is 19.6 Å². The number of anilines is 1. The lowest BCUT2D eigenvalue weighted by Crippen LogP contribution is -2.10. The number of hydrogen-bond donors (Lipinski definition) is 1. The molecule has 0 amide bonds. The fourth-order valence-corrected chi connectivity index (χ4v) is 2.60. The van der Waals surface area contributed by atoms with Crippen molar-refractivity contribution in [2.75, 3.05) is 12.4 Å². The Hall–Kier alpha value is -3.35. The van der Waals surface area contributed by atoms with E-state index in [0.29, 0.717) is 12.2 Å². The van der Waals surface area contributed by atoms with Crippen LogP contribution in [0, 0.1) is 10.1 Å². The standard InChI is InChI=1S/C18H16N2O5/c1-24-18(21)11-12-10-13(19-16-5-3-2-4-15(12)16)6-7-14-8-9-17(25-14)20(22)23/h2-6,8-10,19H,7,11H2,1H3/b13-6+. The summed E-state index contributed by atoms with van der Waals surface area (Å²) >= 11 is 0. The third-order valence-corrected chi connectivity index (χ3v) is 3.79. The molecule has 1 aliphatic rings. The fraction of sp³-hybridized carbons (Fsp3) is 0.167. The maximum atomic E-state index is 11.7. The Morgan fingerprint density at radius 2 is 2.12 bits per heavy atom.